The molecule has 1 N–H and O–H groups in total. The van der Waals surface area contributed by atoms with E-state index in [4.69, 9.17) is 50.7 Å². The van der Waals surface area contributed by atoms with E-state index in [0.29, 0.717) is 46.1 Å². The SMILES string of the molecule is C#CCN(C)CCCOc1ccc(Cl)cc1Cl.O=C(NCCN1CCOCC1)c1ccc(Cl)cc1. The van der Waals surface area contributed by atoms with Crippen LogP contribution in [0.5, 0.6) is 5.75 Å². The average Bonchev–Trinajstić information content (AvgIpc) is 2.84. The molecule has 1 amide bonds. The van der Waals surface area contributed by atoms with E-state index < -0.39 is 0 Å². The highest BCUT2D eigenvalue weighted by molar-refractivity contribution is 6.35. The topological polar surface area (TPSA) is 54.0 Å². The van der Waals surface area contributed by atoms with Crippen LogP contribution in [0.4, 0.5) is 0 Å². The number of benzene rings is 2. The molecule has 190 valence electrons. The first kappa shape index (κ1) is 29.3. The van der Waals surface area contributed by atoms with Crippen LogP contribution in [-0.4, -0.2) is 81.8 Å². The second-order valence-electron chi connectivity index (χ2n) is 7.94. The van der Waals surface area contributed by atoms with E-state index in [9.17, 15) is 4.79 Å². The standard InChI is InChI=1S/C13H15Cl2NO.C13H17ClN2O2/c1-3-7-16(2)8-4-9-17-13-6-5-11(14)10-12(13)15;14-12-3-1-11(2-4-12)13(17)15-5-6-16-7-9-18-10-8-16/h1,5-6,10H,4,7-9H2,2H3;1-4H,5-10H2,(H,15,17). The lowest BCUT2D eigenvalue weighted by molar-refractivity contribution is 0.0383. The smallest absolute Gasteiger partial charge is 0.251 e. The zero-order chi connectivity index (χ0) is 25.5. The van der Waals surface area contributed by atoms with Gasteiger partial charge in [-0.05, 0) is 55.9 Å². The molecule has 3 rings (SSSR count). The van der Waals surface area contributed by atoms with Gasteiger partial charge in [0.25, 0.3) is 5.91 Å². The molecule has 2 aromatic rings. The molecule has 1 fully saturated rings. The molecule has 1 aliphatic heterocycles. The molecule has 0 radical (unpaired) electrons. The first-order chi connectivity index (χ1) is 16.9. The van der Waals surface area contributed by atoms with Crippen molar-refractivity contribution in [1.82, 2.24) is 15.1 Å². The maximum absolute atomic E-state index is 11.8. The summed E-state index contributed by atoms with van der Waals surface area (Å²) in [4.78, 5) is 16.1. The summed E-state index contributed by atoms with van der Waals surface area (Å²) in [5, 5.41) is 4.68. The van der Waals surface area contributed by atoms with Gasteiger partial charge >= 0.3 is 0 Å². The van der Waals surface area contributed by atoms with E-state index in [1.54, 1.807) is 42.5 Å². The monoisotopic (exact) mass is 539 g/mol. The van der Waals surface area contributed by atoms with Crippen molar-refractivity contribution in [2.45, 2.75) is 6.42 Å². The van der Waals surface area contributed by atoms with Crippen LogP contribution in [0.25, 0.3) is 0 Å². The van der Waals surface area contributed by atoms with Crippen molar-refractivity contribution in [2.24, 2.45) is 0 Å². The van der Waals surface area contributed by atoms with Gasteiger partial charge in [-0.15, -0.1) is 6.42 Å². The fourth-order valence-electron chi connectivity index (χ4n) is 3.20. The third-order valence-electron chi connectivity index (χ3n) is 5.12. The lowest BCUT2D eigenvalue weighted by atomic mass is 10.2. The minimum atomic E-state index is -0.0556. The van der Waals surface area contributed by atoms with Crippen LogP contribution in [0, 0.1) is 12.3 Å². The van der Waals surface area contributed by atoms with Gasteiger partial charge < -0.3 is 14.8 Å². The second-order valence-corrected chi connectivity index (χ2v) is 9.22. The van der Waals surface area contributed by atoms with E-state index >= 15 is 0 Å². The van der Waals surface area contributed by atoms with E-state index in [0.717, 1.165) is 45.8 Å². The number of amides is 1. The van der Waals surface area contributed by atoms with Crippen LogP contribution in [0.3, 0.4) is 0 Å². The Morgan fingerprint density at radius 2 is 1.83 bits per heavy atom. The minimum absolute atomic E-state index is 0.0556. The van der Waals surface area contributed by atoms with Gasteiger partial charge in [-0.3, -0.25) is 14.6 Å². The van der Waals surface area contributed by atoms with Crippen molar-refractivity contribution >= 4 is 40.7 Å². The number of nitrogens with zero attached hydrogens (tertiary/aromatic N) is 2. The molecule has 1 heterocycles. The van der Waals surface area contributed by atoms with Gasteiger partial charge in [-0.2, -0.15) is 0 Å². The Morgan fingerprint density at radius 3 is 2.49 bits per heavy atom. The number of rotatable bonds is 10. The van der Waals surface area contributed by atoms with Crippen LogP contribution < -0.4 is 10.1 Å². The number of hydrogen-bond acceptors (Lipinski definition) is 5. The molecule has 0 bridgehead atoms. The van der Waals surface area contributed by atoms with Crippen molar-refractivity contribution in [3.05, 3.63) is 63.1 Å². The summed E-state index contributed by atoms with van der Waals surface area (Å²) in [7, 11) is 1.98. The maximum Gasteiger partial charge on any atom is 0.251 e. The third kappa shape index (κ3) is 12.0. The molecule has 0 aliphatic carbocycles. The number of nitrogens with one attached hydrogen (secondary N) is 1. The average molecular weight is 541 g/mol. The quantitative estimate of drug-likeness (QED) is 0.349. The van der Waals surface area contributed by atoms with Crippen LogP contribution in [0.2, 0.25) is 15.1 Å². The molecule has 1 aliphatic rings. The van der Waals surface area contributed by atoms with Gasteiger partial charge in [0, 0.05) is 48.3 Å². The molecule has 35 heavy (non-hydrogen) atoms. The molecule has 9 heteroatoms. The first-order valence-electron chi connectivity index (χ1n) is 11.4. The summed E-state index contributed by atoms with van der Waals surface area (Å²) in [6, 6.07) is 12.1. The summed E-state index contributed by atoms with van der Waals surface area (Å²) >= 11 is 17.5. The first-order valence-corrected chi connectivity index (χ1v) is 12.6. The number of morpholine rings is 1. The van der Waals surface area contributed by atoms with E-state index in [-0.39, 0.29) is 5.91 Å². The summed E-state index contributed by atoms with van der Waals surface area (Å²) in [6.07, 6.45) is 6.11. The Balaban J connectivity index is 0.000000247. The number of hydrogen-bond donors (Lipinski definition) is 1. The Hall–Kier alpha value is -1.98. The molecular weight excluding hydrogens is 509 g/mol. The van der Waals surface area contributed by atoms with Crippen LogP contribution in [0.1, 0.15) is 16.8 Å². The van der Waals surface area contributed by atoms with Crippen molar-refractivity contribution < 1.29 is 14.3 Å². The number of halogens is 3. The lowest BCUT2D eigenvalue weighted by Crippen LogP contribution is -2.41. The fourth-order valence-corrected chi connectivity index (χ4v) is 3.79. The Labute approximate surface area is 223 Å². The number of terminal acetylenes is 1. The summed E-state index contributed by atoms with van der Waals surface area (Å²) in [5.74, 6) is 3.20. The van der Waals surface area contributed by atoms with Crippen LogP contribution in [-0.2, 0) is 4.74 Å². The van der Waals surface area contributed by atoms with Gasteiger partial charge in [-0.25, -0.2) is 0 Å². The highest BCUT2D eigenvalue weighted by Crippen LogP contribution is 2.27. The summed E-state index contributed by atoms with van der Waals surface area (Å²) in [6.45, 7) is 7.13. The largest absolute Gasteiger partial charge is 0.492 e. The predicted octanol–water partition coefficient (Wildman–Crippen LogP) is 4.73. The lowest BCUT2D eigenvalue weighted by Gasteiger charge is -2.26. The van der Waals surface area contributed by atoms with Gasteiger partial charge in [-0.1, -0.05) is 40.7 Å². The van der Waals surface area contributed by atoms with Gasteiger partial charge in [0.1, 0.15) is 5.75 Å². The number of ether oxygens (including phenoxy) is 2. The van der Waals surface area contributed by atoms with E-state index in [1.807, 2.05) is 7.05 Å². The third-order valence-corrected chi connectivity index (χ3v) is 5.90. The van der Waals surface area contributed by atoms with Gasteiger partial charge in [0.2, 0.25) is 0 Å². The molecular formula is C26H32Cl3N3O3. The molecule has 0 aromatic heterocycles. The molecule has 0 saturated carbocycles. The zero-order valence-electron chi connectivity index (χ0n) is 19.9. The molecule has 0 atom stereocenters. The van der Waals surface area contributed by atoms with Gasteiger partial charge in [0.15, 0.2) is 0 Å². The number of carbonyl (C=O) groups excluding carboxylic acids is 1. The fraction of sp³-hybridized carbons (Fsp3) is 0.423. The predicted molar refractivity (Wildman–Crippen MR) is 144 cm³/mol. The van der Waals surface area contributed by atoms with Crippen LogP contribution >= 0.6 is 34.8 Å². The second kappa shape index (κ2) is 16.6. The highest BCUT2D eigenvalue weighted by Gasteiger charge is 2.10. The zero-order valence-corrected chi connectivity index (χ0v) is 22.2. The van der Waals surface area contributed by atoms with Crippen molar-refractivity contribution in [3.63, 3.8) is 0 Å². The molecule has 1 saturated heterocycles. The molecule has 2 aromatic carbocycles. The van der Waals surface area contributed by atoms with Crippen molar-refractivity contribution in [3.8, 4) is 18.1 Å². The normalized spacial score (nSPS) is 13.5. The van der Waals surface area contributed by atoms with Crippen molar-refractivity contribution in [1.29, 1.82) is 0 Å². The maximum atomic E-state index is 11.8. The highest BCUT2D eigenvalue weighted by atomic mass is 35.5. The molecule has 0 unspecified atom stereocenters. The summed E-state index contributed by atoms with van der Waals surface area (Å²) < 4.78 is 10.8. The Bertz CT molecular complexity index is 945. The minimum Gasteiger partial charge on any atom is -0.492 e. The molecule has 0 spiro atoms. The van der Waals surface area contributed by atoms with Crippen molar-refractivity contribution in [2.75, 3.05) is 66.1 Å². The number of carbonyl (C=O) groups is 1. The Kier molecular flexibility index (Phi) is 13.9. The van der Waals surface area contributed by atoms with E-state index in [2.05, 4.69) is 21.0 Å². The Morgan fingerprint density at radius 1 is 1.14 bits per heavy atom. The summed E-state index contributed by atoms with van der Waals surface area (Å²) in [5.41, 5.74) is 0.640. The van der Waals surface area contributed by atoms with Gasteiger partial charge in [0.05, 0.1) is 31.4 Å². The van der Waals surface area contributed by atoms with Crippen LogP contribution in [0.15, 0.2) is 42.5 Å². The van der Waals surface area contributed by atoms with E-state index in [1.165, 1.54) is 0 Å². The molecule has 6 nitrogen and oxygen atoms in total.